The zero-order valence-electron chi connectivity index (χ0n) is 11.8. The molecule has 0 amide bonds. The van der Waals surface area contributed by atoms with Crippen LogP contribution in [-0.4, -0.2) is 35.9 Å². The highest BCUT2D eigenvalue weighted by atomic mass is 32.3. The lowest BCUT2D eigenvalue weighted by atomic mass is 10.3. The summed E-state index contributed by atoms with van der Waals surface area (Å²) < 4.78 is 57.9. The molecule has 0 bridgehead atoms. The van der Waals surface area contributed by atoms with Crippen LogP contribution in [0.3, 0.4) is 0 Å². The Morgan fingerprint density at radius 3 is 2.04 bits per heavy atom. The number of hydrogen-bond acceptors (Lipinski definition) is 7. The first-order valence-corrected chi connectivity index (χ1v) is 8.73. The van der Waals surface area contributed by atoms with Crippen LogP contribution < -0.4 is 10.5 Å². The molecule has 23 heavy (non-hydrogen) atoms. The number of sulfonamides is 1. The minimum absolute atomic E-state index is 0.0480. The quantitative estimate of drug-likeness (QED) is 0.448. The van der Waals surface area contributed by atoms with E-state index in [0.717, 1.165) is 0 Å². The Bertz CT molecular complexity index is 858. The van der Waals surface area contributed by atoms with E-state index < -0.39 is 20.4 Å². The average molecular weight is 362 g/mol. The third-order valence-electron chi connectivity index (χ3n) is 2.21. The molecule has 10 nitrogen and oxygen atoms in total. The summed E-state index contributed by atoms with van der Waals surface area (Å²) in [5.74, 6) is 0.0480. The Kier molecular flexibility index (Phi) is 5.98. The smallest absolute Gasteiger partial charge is 0.394 e. The van der Waals surface area contributed by atoms with Crippen molar-refractivity contribution in [2.45, 2.75) is 11.8 Å². The summed E-state index contributed by atoms with van der Waals surface area (Å²) >= 11 is 0. The van der Waals surface area contributed by atoms with E-state index >= 15 is 0 Å². The van der Waals surface area contributed by atoms with Crippen LogP contribution in [0.15, 0.2) is 41.4 Å². The number of nitrogens with zero attached hydrogens (tertiary/aromatic N) is 2. The highest BCUT2D eigenvalue weighted by molar-refractivity contribution is 7.92. The molecule has 1 aromatic carbocycles. The molecule has 0 fully saturated rings. The first-order chi connectivity index (χ1) is 10.5. The van der Waals surface area contributed by atoms with Gasteiger partial charge in [0.05, 0.1) is 4.90 Å². The predicted molar refractivity (Wildman–Crippen MR) is 82.6 cm³/mol. The van der Waals surface area contributed by atoms with Crippen molar-refractivity contribution in [1.29, 1.82) is 0 Å². The van der Waals surface area contributed by atoms with Crippen LogP contribution in [0.25, 0.3) is 0 Å². The zero-order chi connectivity index (χ0) is 17.7. The minimum Gasteiger partial charge on any atom is -0.399 e. The summed E-state index contributed by atoms with van der Waals surface area (Å²) in [5, 5.41) is 0. The fourth-order valence-corrected chi connectivity index (χ4v) is 2.28. The molecular weight excluding hydrogens is 348 g/mol. The number of hydrogen-bond donors (Lipinski definition) is 4. The van der Waals surface area contributed by atoms with Crippen LogP contribution in [0.2, 0.25) is 0 Å². The lowest BCUT2D eigenvalue weighted by molar-refractivity contribution is 0.381. The molecule has 5 N–H and O–H groups in total. The second-order valence-electron chi connectivity index (χ2n) is 4.14. The third-order valence-corrected chi connectivity index (χ3v) is 3.55. The molecule has 0 spiro atoms. The van der Waals surface area contributed by atoms with Crippen molar-refractivity contribution in [3.05, 3.63) is 42.2 Å². The molecule has 0 radical (unpaired) electrons. The van der Waals surface area contributed by atoms with Gasteiger partial charge in [0, 0.05) is 17.6 Å². The molecule has 0 saturated carbocycles. The first kappa shape index (κ1) is 18.8. The number of nitrogen functional groups attached to an aromatic ring is 1. The van der Waals surface area contributed by atoms with Crippen molar-refractivity contribution in [2.24, 2.45) is 0 Å². The van der Waals surface area contributed by atoms with Gasteiger partial charge in [-0.05, 0) is 37.3 Å². The van der Waals surface area contributed by atoms with E-state index in [1.807, 2.05) is 0 Å². The molecular formula is C11H14N4O6S2. The van der Waals surface area contributed by atoms with Crippen molar-refractivity contribution >= 4 is 32.1 Å². The molecule has 0 unspecified atom stereocenters. The van der Waals surface area contributed by atoms with Crippen LogP contribution in [0.4, 0.5) is 11.6 Å². The number of nitrogens with one attached hydrogen (secondary N) is 1. The topological polar surface area (TPSA) is 173 Å². The van der Waals surface area contributed by atoms with Gasteiger partial charge in [0.25, 0.3) is 10.0 Å². The summed E-state index contributed by atoms with van der Waals surface area (Å²) in [6.07, 6.45) is 1.49. The lowest BCUT2D eigenvalue weighted by Gasteiger charge is -2.06. The van der Waals surface area contributed by atoms with Gasteiger partial charge in [0.15, 0.2) is 0 Å². The van der Waals surface area contributed by atoms with Crippen molar-refractivity contribution < 1.29 is 25.9 Å². The van der Waals surface area contributed by atoms with Crippen LogP contribution in [0.5, 0.6) is 0 Å². The average Bonchev–Trinajstić information content (AvgIpc) is 2.36. The Hall–Kier alpha value is -2.28. The van der Waals surface area contributed by atoms with E-state index in [9.17, 15) is 8.42 Å². The van der Waals surface area contributed by atoms with Gasteiger partial charge in [-0.1, -0.05) is 0 Å². The van der Waals surface area contributed by atoms with Crippen molar-refractivity contribution in [1.82, 2.24) is 9.97 Å². The van der Waals surface area contributed by atoms with E-state index in [2.05, 4.69) is 14.7 Å². The zero-order valence-corrected chi connectivity index (χ0v) is 13.4. The summed E-state index contributed by atoms with van der Waals surface area (Å²) in [5.41, 5.74) is 6.68. The Morgan fingerprint density at radius 2 is 1.57 bits per heavy atom. The van der Waals surface area contributed by atoms with Crippen molar-refractivity contribution in [3.8, 4) is 0 Å². The fourth-order valence-electron chi connectivity index (χ4n) is 1.32. The number of nitrogens with two attached hydrogens (primary N) is 1. The van der Waals surface area contributed by atoms with Crippen LogP contribution >= 0.6 is 0 Å². The van der Waals surface area contributed by atoms with E-state index in [0.29, 0.717) is 11.4 Å². The molecule has 2 aromatic rings. The van der Waals surface area contributed by atoms with E-state index in [1.165, 1.54) is 30.5 Å². The van der Waals surface area contributed by atoms with E-state index in [4.69, 9.17) is 23.3 Å². The monoisotopic (exact) mass is 362 g/mol. The van der Waals surface area contributed by atoms with E-state index in [-0.39, 0.29) is 10.8 Å². The summed E-state index contributed by atoms with van der Waals surface area (Å²) in [4.78, 5) is 7.93. The second kappa shape index (κ2) is 7.32. The van der Waals surface area contributed by atoms with Gasteiger partial charge in [-0.3, -0.25) is 9.11 Å². The van der Waals surface area contributed by atoms with Gasteiger partial charge in [0.2, 0.25) is 5.95 Å². The number of aryl methyl sites for hydroxylation is 1. The van der Waals surface area contributed by atoms with Crippen LogP contribution in [0, 0.1) is 6.92 Å². The van der Waals surface area contributed by atoms with Gasteiger partial charge in [-0.25, -0.2) is 23.1 Å². The molecule has 2 rings (SSSR count). The molecule has 0 atom stereocenters. The molecule has 0 saturated heterocycles. The Morgan fingerprint density at radius 1 is 1.04 bits per heavy atom. The number of benzene rings is 1. The second-order valence-corrected chi connectivity index (χ2v) is 6.72. The normalized spacial score (nSPS) is 11.3. The highest BCUT2D eigenvalue weighted by Gasteiger charge is 2.15. The summed E-state index contributed by atoms with van der Waals surface area (Å²) in [6.45, 7) is 1.75. The van der Waals surface area contributed by atoms with E-state index in [1.54, 1.807) is 13.0 Å². The number of anilines is 2. The maximum atomic E-state index is 12.0. The minimum atomic E-state index is -4.67. The number of aromatic nitrogens is 2. The van der Waals surface area contributed by atoms with Gasteiger partial charge in [-0.15, -0.1) is 0 Å². The van der Waals surface area contributed by atoms with Gasteiger partial charge in [-0.2, -0.15) is 8.42 Å². The van der Waals surface area contributed by atoms with Crippen LogP contribution in [0.1, 0.15) is 5.69 Å². The Balaban J connectivity index is 0.000000463. The molecule has 126 valence electrons. The number of rotatable bonds is 3. The maximum Gasteiger partial charge on any atom is 0.394 e. The van der Waals surface area contributed by atoms with Gasteiger partial charge >= 0.3 is 10.4 Å². The van der Waals surface area contributed by atoms with Gasteiger partial charge < -0.3 is 5.73 Å². The highest BCUT2D eigenvalue weighted by Crippen LogP contribution is 2.14. The van der Waals surface area contributed by atoms with Crippen LogP contribution in [-0.2, 0) is 20.4 Å². The summed E-state index contributed by atoms with van der Waals surface area (Å²) in [7, 11) is -8.34. The van der Waals surface area contributed by atoms with Crippen molar-refractivity contribution in [3.63, 3.8) is 0 Å². The largest absolute Gasteiger partial charge is 0.399 e. The van der Waals surface area contributed by atoms with Gasteiger partial charge in [0.1, 0.15) is 0 Å². The third kappa shape index (κ3) is 7.51. The lowest BCUT2D eigenvalue weighted by Crippen LogP contribution is -2.15. The first-order valence-electron chi connectivity index (χ1n) is 5.85. The fraction of sp³-hybridized carbons (Fsp3) is 0.0909. The standard InChI is InChI=1S/C11H12N4O2S.H2O4S/c1-8-6-7-13-11(14-8)15-18(16,17)10-4-2-9(12)3-5-10;1-5(2,3)4/h2-7H,12H2,1H3,(H,13,14,15);(H2,1,2,3,4). The molecule has 0 aliphatic heterocycles. The SMILES string of the molecule is Cc1ccnc(NS(=O)(=O)c2ccc(N)cc2)n1.O=S(=O)(O)O. The maximum absolute atomic E-state index is 12.0. The molecule has 1 aromatic heterocycles. The summed E-state index contributed by atoms with van der Waals surface area (Å²) in [6, 6.07) is 7.57. The molecule has 1 heterocycles. The molecule has 0 aliphatic carbocycles. The molecule has 0 aliphatic rings. The predicted octanol–water partition coefficient (Wildman–Crippen LogP) is 0.515. The van der Waals surface area contributed by atoms with Crippen molar-refractivity contribution in [2.75, 3.05) is 10.5 Å². The Labute approximate surface area is 133 Å². The molecule has 12 heteroatoms.